The third-order valence-corrected chi connectivity index (χ3v) is 6.05. The van der Waals surface area contributed by atoms with Gasteiger partial charge in [0, 0.05) is 6.07 Å². The van der Waals surface area contributed by atoms with Gasteiger partial charge < -0.3 is 5.32 Å². The molecule has 1 atom stereocenters. The monoisotopic (exact) mass is 469 g/mol. The van der Waals surface area contributed by atoms with E-state index in [2.05, 4.69) is 10.3 Å². The third kappa shape index (κ3) is 4.63. The number of rotatable bonds is 5. The highest BCUT2D eigenvalue weighted by Crippen LogP contribution is 2.27. The molecule has 33 heavy (non-hydrogen) atoms. The van der Waals surface area contributed by atoms with Crippen LogP contribution in [0, 0.1) is 24.4 Å². The van der Waals surface area contributed by atoms with E-state index in [0.717, 1.165) is 23.9 Å². The molecule has 0 spiro atoms. The van der Waals surface area contributed by atoms with Crippen molar-refractivity contribution in [1.29, 1.82) is 0 Å². The molecule has 0 aliphatic carbocycles. The summed E-state index contributed by atoms with van der Waals surface area (Å²) in [6.07, 6.45) is 0. The highest BCUT2D eigenvalue weighted by atomic mass is 32.2. The molecule has 0 aliphatic heterocycles. The van der Waals surface area contributed by atoms with Crippen LogP contribution in [-0.4, -0.2) is 20.7 Å². The topological polar surface area (TPSA) is 64.0 Å². The number of nitrogens with zero attached hydrogens (tertiary/aromatic N) is 2. The van der Waals surface area contributed by atoms with Crippen molar-refractivity contribution in [3.63, 3.8) is 0 Å². The Balaban J connectivity index is 1.73. The number of para-hydroxylation sites is 1. The second kappa shape index (κ2) is 9.11. The molecule has 5 nitrogen and oxygen atoms in total. The maximum atomic E-state index is 14.3. The van der Waals surface area contributed by atoms with Crippen LogP contribution in [0.25, 0.3) is 16.6 Å². The fraction of sp³-hybridized carbons (Fsp3) is 0.125. The van der Waals surface area contributed by atoms with Crippen LogP contribution in [0.15, 0.2) is 70.6 Å². The quantitative estimate of drug-likeness (QED) is 0.321. The Labute approximate surface area is 191 Å². The molecule has 1 N–H and O–H groups in total. The molecule has 0 aliphatic rings. The van der Waals surface area contributed by atoms with Gasteiger partial charge in [-0.1, -0.05) is 30.0 Å². The molecule has 4 rings (SSSR count). The van der Waals surface area contributed by atoms with Gasteiger partial charge >= 0.3 is 0 Å². The van der Waals surface area contributed by atoms with E-state index in [1.807, 2.05) is 0 Å². The van der Waals surface area contributed by atoms with Gasteiger partial charge in [-0.15, -0.1) is 0 Å². The number of anilines is 1. The van der Waals surface area contributed by atoms with E-state index in [0.29, 0.717) is 22.5 Å². The number of halogens is 3. The van der Waals surface area contributed by atoms with Crippen molar-refractivity contribution >= 4 is 34.3 Å². The largest absolute Gasteiger partial charge is 0.323 e. The van der Waals surface area contributed by atoms with Gasteiger partial charge in [-0.25, -0.2) is 18.2 Å². The molecule has 9 heteroatoms. The highest BCUT2D eigenvalue weighted by molar-refractivity contribution is 8.00. The Morgan fingerprint density at radius 3 is 2.52 bits per heavy atom. The van der Waals surface area contributed by atoms with Crippen LogP contribution in [0.5, 0.6) is 0 Å². The lowest BCUT2D eigenvalue weighted by molar-refractivity contribution is -0.115. The molecule has 0 saturated heterocycles. The number of amides is 1. The first kappa shape index (κ1) is 22.6. The average Bonchev–Trinajstić information content (AvgIpc) is 2.78. The maximum Gasteiger partial charge on any atom is 0.266 e. The van der Waals surface area contributed by atoms with E-state index < -0.39 is 34.2 Å². The average molecular weight is 469 g/mol. The predicted octanol–water partition coefficient (Wildman–Crippen LogP) is 5.23. The van der Waals surface area contributed by atoms with Crippen molar-refractivity contribution in [2.75, 3.05) is 5.32 Å². The van der Waals surface area contributed by atoms with Gasteiger partial charge in [0.2, 0.25) is 5.91 Å². The number of nitrogens with one attached hydrogen (secondary N) is 1. The Hall–Kier alpha value is -3.59. The number of hydrogen-bond donors (Lipinski definition) is 1. The lowest BCUT2D eigenvalue weighted by Gasteiger charge is -2.17. The van der Waals surface area contributed by atoms with Gasteiger partial charge in [0.25, 0.3) is 5.56 Å². The smallest absolute Gasteiger partial charge is 0.266 e. The van der Waals surface area contributed by atoms with E-state index >= 15 is 0 Å². The first-order chi connectivity index (χ1) is 15.7. The van der Waals surface area contributed by atoms with Gasteiger partial charge in [0.15, 0.2) is 5.16 Å². The number of aromatic nitrogens is 2. The van der Waals surface area contributed by atoms with Crippen molar-refractivity contribution in [1.82, 2.24) is 9.55 Å². The van der Waals surface area contributed by atoms with Crippen LogP contribution in [0.1, 0.15) is 12.5 Å². The molecule has 0 fully saturated rings. The van der Waals surface area contributed by atoms with Crippen LogP contribution < -0.4 is 10.9 Å². The number of benzene rings is 3. The normalized spacial score (nSPS) is 12.0. The van der Waals surface area contributed by atoms with Crippen molar-refractivity contribution in [2.45, 2.75) is 24.3 Å². The summed E-state index contributed by atoms with van der Waals surface area (Å²) in [5.74, 6) is -2.73. The van der Waals surface area contributed by atoms with Gasteiger partial charge in [0.1, 0.15) is 17.5 Å². The molecule has 0 bridgehead atoms. The van der Waals surface area contributed by atoms with Crippen molar-refractivity contribution in [3.8, 4) is 5.69 Å². The summed E-state index contributed by atoms with van der Waals surface area (Å²) in [5, 5.41) is 2.10. The Bertz CT molecular complexity index is 1440. The Morgan fingerprint density at radius 2 is 1.79 bits per heavy atom. The third-order valence-electron chi connectivity index (χ3n) is 5.00. The lowest BCUT2D eigenvalue weighted by atomic mass is 10.2. The summed E-state index contributed by atoms with van der Waals surface area (Å²) in [6.45, 7) is 3.17. The maximum absolute atomic E-state index is 14.3. The zero-order valence-corrected chi connectivity index (χ0v) is 18.4. The minimum atomic E-state index is -0.906. The minimum absolute atomic E-state index is 0.168. The molecule has 1 heterocycles. The molecule has 4 aromatic rings. The standard InChI is InChI=1S/C24H18F3N3O2S/c1-13-7-9-16(12-18(13)26)30-23(32)17-5-3-4-6-20(17)29-24(30)33-14(2)22(31)28-21-10-8-15(25)11-19(21)27/h3-12,14H,1-2H3,(H,28,31). The second-order valence-electron chi connectivity index (χ2n) is 7.36. The number of carbonyl (C=O) groups is 1. The zero-order valence-electron chi connectivity index (χ0n) is 17.6. The summed E-state index contributed by atoms with van der Waals surface area (Å²) >= 11 is 0.961. The lowest BCUT2D eigenvalue weighted by Crippen LogP contribution is -2.26. The van der Waals surface area contributed by atoms with E-state index in [-0.39, 0.29) is 16.5 Å². The molecule has 0 saturated carbocycles. The van der Waals surface area contributed by atoms with Crippen molar-refractivity contribution in [2.24, 2.45) is 0 Å². The second-order valence-corrected chi connectivity index (χ2v) is 8.67. The number of carbonyl (C=O) groups excluding carboxylic acids is 1. The number of hydrogen-bond acceptors (Lipinski definition) is 4. The van der Waals surface area contributed by atoms with Crippen LogP contribution in [0.4, 0.5) is 18.9 Å². The summed E-state index contributed by atoms with van der Waals surface area (Å²) in [4.78, 5) is 30.5. The van der Waals surface area contributed by atoms with Gasteiger partial charge in [-0.2, -0.15) is 0 Å². The summed E-state index contributed by atoms with van der Waals surface area (Å²) in [6, 6.07) is 13.9. The van der Waals surface area contributed by atoms with Crippen molar-refractivity contribution in [3.05, 3.63) is 94.0 Å². The summed E-state index contributed by atoms with van der Waals surface area (Å²) in [5.41, 5.74) is 0.526. The number of thioether (sulfide) groups is 1. The molecule has 1 amide bonds. The fourth-order valence-corrected chi connectivity index (χ4v) is 4.10. The molecule has 168 valence electrons. The van der Waals surface area contributed by atoms with Crippen LogP contribution in [0.2, 0.25) is 0 Å². The predicted molar refractivity (Wildman–Crippen MR) is 122 cm³/mol. The van der Waals surface area contributed by atoms with Crippen LogP contribution in [-0.2, 0) is 4.79 Å². The van der Waals surface area contributed by atoms with E-state index in [9.17, 15) is 22.8 Å². The van der Waals surface area contributed by atoms with Crippen molar-refractivity contribution < 1.29 is 18.0 Å². The molecule has 1 unspecified atom stereocenters. The number of aryl methyl sites for hydroxylation is 1. The molecule has 0 radical (unpaired) electrons. The van der Waals surface area contributed by atoms with Gasteiger partial charge in [0.05, 0.1) is 27.5 Å². The summed E-state index contributed by atoms with van der Waals surface area (Å²) in [7, 11) is 0. The van der Waals surface area contributed by atoms with Crippen LogP contribution in [0.3, 0.4) is 0 Å². The zero-order chi connectivity index (χ0) is 23.7. The minimum Gasteiger partial charge on any atom is -0.323 e. The Kier molecular flexibility index (Phi) is 6.24. The first-order valence-corrected chi connectivity index (χ1v) is 10.8. The molecular weight excluding hydrogens is 451 g/mol. The van der Waals surface area contributed by atoms with Crippen LogP contribution >= 0.6 is 11.8 Å². The van der Waals surface area contributed by atoms with Gasteiger partial charge in [-0.05, 0) is 55.8 Å². The Morgan fingerprint density at radius 1 is 1.03 bits per heavy atom. The van der Waals surface area contributed by atoms with E-state index in [1.54, 1.807) is 50.2 Å². The molecular formula is C24H18F3N3O2S. The highest BCUT2D eigenvalue weighted by Gasteiger charge is 2.21. The summed E-state index contributed by atoms with van der Waals surface area (Å²) < 4.78 is 42.6. The fourth-order valence-electron chi connectivity index (χ4n) is 3.18. The van der Waals surface area contributed by atoms with Gasteiger partial charge in [-0.3, -0.25) is 14.2 Å². The van der Waals surface area contributed by atoms with E-state index in [4.69, 9.17) is 0 Å². The molecule has 3 aromatic carbocycles. The SMILES string of the molecule is Cc1ccc(-n2c(SC(C)C(=O)Nc3ccc(F)cc3F)nc3ccccc3c2=O)cc1F. The van der Waals surface area contributed by atoms with E-state index in [1.165, 1.54) is 10.6 Å². The number of fused-ring (bicyclic) bond motifs is 1. The molecule has 1 aromatic heterocycles. The first-order valence-electron chi connectivity index (χ1n) is 9.95.